The maximum absolute atomic E-state index is 11.8. The molecule has 0 saturated carbocycles. The molecule has 2 nitrogen and oxygen atoms in total. The molecule has 1 aromatic rings. The normalized spacial score (nSPS) is 10.2. The van der Waals surface area contributed by atoms with Gasteiger partial charge in [-0.25, -0.2) is 0 Å². The van der Waals surface area contributed by atoms with E-state index in [2.05, 4.69) is 0 Å². The van der Waals surface area contributed by atoms with Crippen LogP contribution in [-0.4, -0.2) is 12.1 Å². The molecule has 0 saturated heterocycles. The second-order valence-electron chi connectivity index (χ2n) is 4.62. The summed E-state index contributed by atoms with van der Waals surface area (Å²) in [4.78, 5) is 21.9. The molecule has 0 aliphatic heterocycles. The van der Waals surface area contributed by atoms with Crippen molar-refractivity contribution in [3.8, 4) is 0 Å². The second kappa shape index (κ2) is 9.58. The van der Waals surface area contributed by atoms with Crippen molar-refractivity contribution in [2.24, 2.45) is 0 Å². The number of carbonyl (C=O) groups excluding carboxylic acids is 2. The van der Waals surface area contributed by atoms with Gasteiger partial charge in [-0.15, -0.1) is 0 Å². The average Bonchev–Trinajstić information content (AvgIpc) is 2.42. The molecular formula is C16H22O2. The smallest absolute Gasteiger partial charge is 0.162 e. The first-order valence-corrected chi connectivity index (χ1v) is 6.86. The molecule has 1 aromatic carbocycles. The molecule has 0 heterocycles. The summed E-state index contributed by atoms with van der Waals surface area (Å²) in [6.45, 7) is 0. The van der Waals surface area contributed by atoms with E-state index in [1.165, 1.54) is 12.8 Å². The highest BCUT2D eigenvalue weighted by Gasteiger charge is 2.03. The minimum absolute atomic E-state index is 0.247. The summed E-state index contributed by atoms with van der Waals surface area (Å²) < 4.78 is 0. The number of aldehydes is 1. The van der Waals surface area contributed by atoms with E-state index in [4.69, 9.17) is 0 Å². The van der Waals surface area contributed by atoms with Crippen molar-refractivity contribution < 1.29 is 9.59 Å². The SMILES string of the molecule is O=CCCCCCCCCC(=O)c1ccccc1. The van der Waals surface area contributed by atoms with Crippen molar-refractivity contribution >= 4 is 12.1 Å². The number of hydrogen-bond donors (Lipinski definition) is 0. The van der Waals surface area contributed by atoms with Crippen LogP contribution in [0.1, 0.15) is 61.7 Å². The van der Waals surface area contributed by atoms with Gasteiger partial charge in [0.1, 0.15) is 6.29 Å². The van der Waals surface area contributed by atoms with E-state index >= 15 is 0 Å². The average molecular weight is 246 g/mol. The zero-order valence-corrected chi connectivity index (χ0v) is 10.9. The van der Waals surface area contributed by atoms with Crippen molar-refractivity contribution in [1.82, 2.24) is 0 Å². The van der Waals surface area contributed by atoms with Gasteiger partial charge in [0.2, 0.25) is 0 Å². The van der Waals surface area contributed by atoms with Gasteiger partial charge in [0.25, 0.3) is 0 Å². The van der Waals surface area contributed by atoms with Crippen molar-refractivity contribution in [2.45, 2.75) is 51.4 Å². The molecule has 0 radical (unpaired) electrons. The minimum Gasteiger partial charge on any atom is -0.303 e. The summed E-state index contributed by atoms with van der Waals surface area (Å²) in [5.74, 6) is 0.247. The van der Waals surface area contributed by atoms with Crippen molar-refractivity contribution in [3.63, 3.8) is 0 Å². The van der Waals surface area contributed by atoms with E-state index in [0.29, 0.717) is 12.8 Å². The van der Waals surface area contributed by atoms with E-state index < -0.39 is 0 Å². The van der Waals surface area contributed by atoms with Crippen LogP contribution in [0.2, 0.25) is 0 Å². The van der Waals surface area contributed by atoms with Crippen LogP contribution in [0.15, 0.2) is 30.3 Å². The largest absolute Gasteiger partial charge is 0.303 e. The number of carbonyl (C=O) groups is 2. The van der Waals surface area contributed by atoms with Gasteiger partial charge in [0.15, 0.2) is 5.78 Å². The molecule has 0 aromatic heterocycles. The Morgan fingerprint density at radius 1 is 0.889 bits per heavy atom. The molecule has 0 fully saturated rings. The molecule has 0 unspecified atom stereocenters. The van der Waals surface area contributed by atoms with Gasteiger partial charge >= 0.3 is 0 Å². The van der Waals surface area contributed by atoms with Gasteiger partial charge in [-0.2, -0.15) is 0 Å². The highest BCUT2D eigenvalue weighted by Crippen LogP contribution is 2.11. The Kier molecular flexibility index (Phi) is 7.78. The fourth-order valence-corrected chi connectivity index (χ4v) is 1.99. The van der Waals surface area contributed by atoms with Gasteiger partial charge in [0.05, 0.1) is 0 Å². The van der Waals surface area contributed by atoms with Gasteiger partial charge in [-0.3, -0.25) is 4.79 Å². The number of ketones is 1. The summed E-state index contributed by atoms with van der Waals surface area (Å²) in [7, 11) is 0. The van der Waals surface area contributed by atoms with E-state index in [1.54, 1.807) is 0 Å². The number of unbranched alkanes of at least 4 members (excludes halogenated alkanes) is 6. The lowest BCUT2D eigenvalue weighted by molar-refractivity contribution is -0.107. The third kappa shape index (κ3) is 6.33. The van der Waals surface area contributed by atoms with E-state index in [1.807, 2.05) is 30.3 Å². The topological polar surface area (TPSA) is 34.1 Å². The van der Waals surface area contributed by atoms with Crippen molar-refractivity contribution in [1.29, 1.82) is 0 Å². The van der Waals surface area contributed by atoms with E-state index in [-0.39, 0.29) is 5.78 Å². The Labute approximate surface area is 109 Å². The number of Topliss-reactive ketones (excluding diaryl/α,β-unsaturated/α-hetero) is 1. The lowest BCUT2D eigenvalue weighted by atomic mass is 10.0. The first kappa shape index (κ1) is 14.6. The van der Waals surface area contributed by atoms with Gasteiger partial charge in [-0.1, -0.05) is 56.0 Å². The lowest BCUT2D eigenvalue weighted by Crippen LogP contribution is -1.98. The Morgan fingerprint density at radius 2 is 1.50 bits per heavy atom. The highest BCUT2D eigenvalue weighted by atomic mass is 16.1. The Bertz CT molecular complexity index is 343. The van der Waals surface area contributed by atoms with Crippen LogP contribution in [0, 0.1) is 0 Å². The molecule has 0 amide bonds. The van der Waals surface area contributed by atoms with E-state index in [0.717, 1.165) is 37.5 Å². The summed E-state index contributed by atoms with van der Waals surface area (Å²) >= 11 is 0. The second-order valence-corrected chi connectivity index (χ2v) is 4.62. The van der Waals surface area contributed by atoms with Gasteiger partial charge in [-0.05, 0) is 12.8 Å². The zero-order valence-electron chi connectivity index (χ0n) is 10.9. The van der Waals surface area contributed by atoms with Gasteiger partial charge in [0, 0.05) is 18.4 Å². The van der Waals surface area contributed by atoms with Crippen LogP contribution in [-0.2, 0) is 4.79 Å². The number of benzene rings is 1. The Hall–Kier alpha value is -1.44. The lowest BCUT2D eigenvalue weighted by Gasteiger charge is -2.01. The molecule has 0 spiro atoms. The summed E-state index contributed by atoms with van der Waals surface area (Å²) in [6.07, 6.45) is 8.89. The fraction of sp³-hybridized carbons (Fsp3) is 0.500. The quantitative estimate of drug-likeness (QED) is 0.352. The molecule has 2 heteroatoms. The Balaban J connectivity index is 2.01. The standard InChI is InChI=1S/C16H22O2/c17-14-10-5-3-1-2-4-9-13-16(18)15-11-7-6-8-12-15/h6-8,11-12,14H,1-5,9-10,13H2. The predicted octanol–water partition coefficient (Wildman–Crippen LogP) is 4.19. The van der Waals surface area contributed by atoms with Crippen LogP contribution in [0.4, 0.5) is 0 Å². The third-order valence-corrected chi connectivity index (χ3v) is 3.07. The molecule has 0 aliphatic rings. The van der Waals surface area contributed by atoms with Crippen LogP contribution in [0.3, 0.4) is 0 Å². The minimum atomic E-state index is 0.247. The third-order valence-electron chi connectivity index (χ3n) is 3.07. The molecule has 0 N–H and O–H groups in total. The van der Waals surface area contributed by atoms with Crippen LogP contribution < -0.4 is 0 Å². The summed E-state index contributed by atoms with van der Waals surface area (Å²) in [5.41, 5.74) is 0.823. The summed E-state index contributed by atoms with van der Waals surface area (Å²) in [5, 5.41) is 0. The molecule has 0 aliphatic carbocycles. The Morgan fingerprint density at radius 3 is 2.17 bits per heavy atom. The van der Waals surface area contributed by atoms with Crippen molar-refractivity contribution in [2.75, 3.05) is 0 Å². The number of rotatable bonds is 10. The molecule has 98 valence electrons. The fourth-order valence-electron chi connectivity index (χ4n) is 1.99. The highest BCUT2D eigenvalue weighted by molar-refractivity contribution is 5.95. The first-order valence-electron chi connectivity index (χ1n) is 6.86. The predicted molar refractivity (Wildman–Crippen MR) is 73.8 cm³/mol. The first-order chi connectivity index (χ1) is 8.84. The molecule has 0 atom stereocenters. The monoisotopic (exact) mass is 246 g/mol. The molecular weight excluding hydrogens is 224 g/mol. The van der Waals surface area contributed by atoms with Crippen LogP contribution in [0.25, 0.3) is 0 Å². The molecule has 0 bridgehead atoms. The van der Waals surface area contributed by atoms with Gasteiger partial charge < -0.3 is 4.79 Å². The van der Waals surface area contributed by atoms with Crippen molar-refractivity contribution in [3.05, 3.63) is 35.9 Å². The maximum Gasteiger partial charge on any atom is 0.162 e. The van der Waals surface area contributed by atoms with Crippen LogP contribution in [0.5, 0.6) is 0 Å². The molecule has 1 rings (SSSR count). The zero-order chi connectivity index (χ0) is 13.1. The molecule has 18 heavy (non-hydrogen) atoms. The number of hydrogen-bond acceptors (Lipinski definition) is 2. The maximum atomic E-state index is 11.8. The van der Waals surface area contributed by atoms with Crippen LogP contribution >= 0.6 is 0 Å². The van der Waals surface area contributed by atoms with E-state index in [9.17, 15) is 9.59 Å². The summed E-state index contributed by atoms with van der Waals surface area (Å²) in [6, 6.07) is 9.49.